The Labute approximate surface area is 171 Å². The molecule has 4 heteroatoms. The van der Waals surface area contributed by atoms with Gasteiger partial charge in [-0.25, -0.2) is 0 Å². The number of cyclic esters (lactones) is 1. The van der Waals surface area contributed by atoms with Crippen LogP contribution in [0.4, 0.5) is 5.69 Å². The molecule has 4 rings (SSSR count). The van der Waals surface area contributed by atoms with E-state index in [0.717, 1.165) is 28.8 Å². The second-order valence-electron chi connectivity index (χ2n) is 8.07. The molecule has 2 fully saturated rings. The normalized spacial score (nSPS) is 23.9. The first-order valence-electron chi connectivity index (χ1n) is 9.93. The maximum absolute atomic E-state index is 12.7. The van der Waals surface area contributed by atoms with E-state index >= 15 is 0 Å². The Morgan fingerprint density at radius 2 is 1.93 bits per heavy atom. The third-order valence-corrected chi connectivity index (χ3v) is 6.12. The lowest BCUT2D eigenvalue weighted by atomic mass is 9.75. The van der Waals surface area contributed by atoms with Gasteiger partial charge >= 0.3 is 5.97 Å². The Kier molecular flexibility index (Phi) is 5.10. The van der Waals surface area contributed by atoms with E-state index in [1.807, 2.05) is 54.6 Å². The Balaban J connectivity index is 1.46. The van der Waals surface area contributed by atoms with Crippen molar-refractivity contribution in [1.29, 1.82) is 0 Å². The monoisotopic (exact) mass is 387 g/mol. The molecule has 1 N–H and O–H groups in total. The minimum absolute atomic E-state index is 0.102. The van der Waals surface area contributed by atoms with Crippen LogP contribution in [0.1, 0.15) is 29.9 Å². The summed E-state index contributed by atoms with van der Waals surface area (Å²) in [5, 5.41) is 2.96. The third kappa shape index (κ3) is 3.63. The number of anilines is 1. The average Bonchev–Trinajstić information content (AvgIpc) is 3.19. The number of amides is 1. The standard InChI is InChI=1S/C25H25NO3/c1-3-22(19-7-5-4-6-8-19)23(27)26-21-11-9-18(10-12-21)15-25-14-17(2)13-20(25)16-29-24(25)28/h3-12,20,22H,1-2,13-16H2,(H,26,27)/t20?,22-,25?/m1/s1. The molecule has 1 saturated heterocycles. The van der Waals surface area contributed by atoms with Crippen LogP contribution < -0.4 is 5.32 Å². The van der Waals surface area contributed by atoms with Crippen molar-refractivity contribution in [2.75, 3.05) is 11.9 Å². The molecule has 1 heterocycles. The summed E-state index contributed by atoms with van der Waals surface area (Å²) in [6.07, 6.45) is 3.86. The number of hydrogen-bond donors (Lipinski definition) is 1. The molecule has 0 radical (unpaired) electrons. The molecule has 1 saturated carbocycles. The van der Waals surface area contributed by atoms with Crippen molar-refractivity contribution >= 4 is 17.6 Å². The van der Waals surface area contributed by atoms with Crippen molar-refractivity contribution in [2.45, 2.75) is 25.2 Å². The minimum Gasteiger partial charge on any atom is -0.465 e. The number of allylic oxidation sites excluding steroid dienone is 1. The first kappa shape index (κ1) is 19.2. The zero-order valence-electron chi connectivity index (χ0n) is 16.4. The van der Waals surface area contributed by atoms with Gasteiger partial charge in [0.05, 0.1) is 17.9 Å². The highest BCUT2D eigenvalue weighted by Gasteiger charge is 2.55. The van der Waals surface area contributed by atoms with Crippen molar-refractivity contribution in [2.24, 2.45) is 11.3 Å². The van der Waals surface area contributed by atoms with Crippen molar-refractivity contribution in [1.82, 2.24) is 0 Å². The van der Waals surface area contributed by atoms with Crippen LogP contribution in [-0.4, -0.2) is 18.5 Å². The quantitative estimate of drug-likeness (QED) is 0.580. The molecule has 3 atom stereocenters. The molecule has 2 aromatic carbocycles. The molecule has 148 valence electrons. The Morgan fingerprint density at radius 3 is 2.62 bits per heavy atom. The number of ether oxygens (including phenoxy) is 1. The zero-order valence-corrected chi connectivity index (χ0v) is 16.4. The molecule has 0 spiro atoms. The van der Waals surface area contributed by atoms with Crippen molar-refractivity contribution in [3.05, 3.63) is 90.5 Å². The Bertz CT molecular complexity index is 948. The molecular weight excluding hydrogens is 362 g/mol. The van der Waals surface area contributed by atoms with Crippen LogP contribution >= 0.6 is 0 Å². The predicted molar refractivity (Wildman–Crippen MR) is 113 cm³/mol. The number of carbonyl (C=O) groups is 2. The topological polar surface area (TPSA) is 55.4 Å². The third-order valence-electron chi connectivity index (χ3n) is 6.12. The van der Waals surface area contributed by atoms with E-state index in [2.05, 4.69) is 18.5 Å². The summed E-state index contributed by atoms with van der Waals surface area (Å²) in [4.78, 5) is 25.1. The van der Waals surface area contributed by atoms with E-state index in [4.69, 9.17) is 4.74 Å². The molecule has 2 unspecified atom stereocenters. The molecule has 1 aliphatic carbocycles. The molecular formula is C25H25NO3. The predicted octanol–water partition coefficient (Wildman–Crippen LogP) is 4.65. The maximum atomic E-state index is 12.7. The summed E-state index contributed by atoms with van der Waals surface area (Å²) >= 11 is 0. The van der Waals surface area contributed by atoms with Gasteiger partial charge in [-0.05, 0) is 42.5 Å². The van der Waals surface area contributed by atoms with Gasteiger partial charge in [-0.3, -0.25) is 9.59 Å². The lowest BCUT2D eigenvalue weighted by molar-refractivity contribution is -0.146. The van der Waals surface area contributed by atoms with Crippen LogP contribution in [0.2, 0.25) is 0 Å². The van der Waals surface area contributed by atoms with Crippen LogP contribution in [0.15, 0.2) is 79.4 Å². The number of rotatable bonds is 6. The van der Waals surface area contributed by atoms with Gasteiger partial charge in [0.2, 0.25) is 5.91 Å². The lowest BCUT2D eigenvalue weighted by Crippen LogP contribution is -2.31. The fourth-order valence-electron chi connectivity index (χ4n) is 4.61. The summed E-state index contributed by atoms with van der Waals surface area (Å²) in [5.74, 6) is -0.409. The SMILES string of the molecule is C=C[C@@H](C(=O)Nc1ccc(CC23CC(=C)CC2COC3=O)cc1)c1ccccc1. The molecule has 0 aromatic heterocycles. The smallest absolute Gasteiger partial charge is 0.313 e. The molecule has 2 aliphatic rings. The molecule has 2 aromatic rings. The average molecular weight is 387 g/mol. The van der Waals surface area contributed by atoms with Crippen LogP contribution in [0.3, 0.4) is 0 Å². The van der Waals surface area contributed by atoms with E-state index in [0.29, 0.717) is 19.4 Å². The van der Waals surface area contributed by atoms with Gasteiger partial charge in [0, 0.05) is 11.6 Å². The summed E-state index contributed by atoms with van der Waals surface area (Å²) < 4.78 is 5.35. The van der Waals surface area contributed by atoms with Crippen LogP contribution in [0.5, 0.6) is 0 Å². The summed E-state index contributed by atoms with van der Waals surface area (Å²) in [7, 11) is 0. The lowest BCUT2D eigenvalue weighted by Gasteiger charge is -2.24. The van der Waals surface area contributed by atoms with Crippen molar-refractivity contribution in [3.63, 3.8) is 0 Å². The van der Waals surface area contributed by atoms with Crippen LogP contribution in [0, 0.1) is 11.3 Å². The molecule has 29 heavy (non-hydrogen) atoms. The van der Waals surface area contributed by atoms with E-state index in [9.17, 15) is 9.59 Å². The van der Waals surface area contributed by atoms with E-state index < -0.39 is 11.3 Å². The number of esters is 1. The van der Waals surface area contributed by atoms with Gasteiger partial charge in [-0.1, -0.05) is 60.7 Å². The number of fused-ring (bicyclic) bond motifs is 1. The van der Waals surface area contributed by atoms with Gasteiger partial charge < -0.3 is 10.1 Å². The number of hydrogen-bond acceptors (Lipinski definition) is 3. The fraction of sp³-hybridized carbons (Fsp3) is 0.280. The molecule has 0 bridgehead atoms. The fourth-order valence-corrected chi connectivity index (χ4v) is 4.61. The second-order valence-corrected chi connectivity index (χ2v) is 8.07. The highest BCUT2D eigenvalue weighted by atomic mass is 16.5. The first-order chi connectivity index (χ1) is 14.0. The number of carbonyl (C=O) groups excluding carboxylic acids is 2. The summed E-state index contributed by atoms with van der Waals surface area (Å²) in [6, 6.07) is 17.3. The Hall–Kier alpha value is -3.14. The van der Waals surface area contributed by atoms with Gasteiger partial charge in [-0.15, -0.1) is 6.58 Å². The van der Waals surface area contributed by atoms with Gasteiger partial charge in [0.25, 0.3) is 0 Å². The van der Waals surface area contributed by atoms with E-state index in [-0.39, 0.29) is 17.8 Å². The van der Waals surface area contributed by atoms with Crippen LogP contribution in [0.25, 0.3) is 0 Å². The number of nitrogens with one attached hydrogen (secondary N) is 1. The Morgan fingerprint density at radius 1 is 1.21 bits per heavy atom. The van der Waals surface area contributed by atoms with Crippen LogP contribution in [-0.2, 0) is 20.7 Å². The molecule has 4 nitrogen and oxygen atoms in total. The molecule has 1 aliphatic heterocycles. The summed E-state index contributed by atoms with van der Waals surface area (Å²) in [6.45, 7) is 8.39. The van der Waals surface area contributed by atoms with Crippen molar-refractivity contribution in [3.8, 4) is 0 Å². The zero-order chi connectivity index (χ0) is 20.4. The van der Waals surface area contributed by atoms with Gasteiger partial charge in [-0.2, -0.15) is 0 Å². The maximum Gasteiger partial charge on any atom is 0.313 e. The van der Waals surface area contributed by atoms with E-state index in [1.165, 1.54) is 0 Å². The largest absolute Gasteiger partial charge is 0.465 e. The molecule has 1 amide bonds. The van der Waals surface area contributed by atoms with Crippen molar-refractivity contribution < 1.29 is 14.3 Å². The second kappa shape index (κ2) is 7.70. The highest BCUT2D eigenvalue weighted by molar-refractivity contribution is 5.97. The minimum atomic E-state index is -0.469. The van der Waals surface area contributed by atoms with Gasteiger partial charge in [0.1, 0.15) is 0 Å². The van der Waals surface area contributed by atoms with E-state index in [1.54, 1.807) is 6.08 Å². The van der Waals surface area contributed by atoms with Gasteiger partial charge in [0.15, 0.2) is 0 Å². The summed E-state index contributed by atoms with van der Waals surface area (Å²) in [5.41, 5.74) is 3.35. The number of benzene rings is 2. The first-order valence-corrected chi connectivity index (χ1v) is 9.93. The highest BCUT2D eigenvalue weighted by Crippen LogP contribution is 2.52.